The number of hydrogen-bond acceptors (Lipinski definition) is 5. The molecule has 2 fully saturated rings. The summed E-state index contributed by atoms with van der Waals surface area (Å²) in [7, 11) is 1.85. The zero-order valence-corrected chi connectivity index (χ0v) is 20.6. The Balaban J connectivity index is 0.00000272. The van der Waals surface area contributed by atoms with Crippen molar-refractivity contribution in [1.82, 2.24) is 15.1 Å². The highest BCUT2D eigenvalue weighted by molar-refractivity contribution is 14.0. The maximum Gasteiger partial charge on any atom is 0.265 e. The highest BCUT2D eigenvalue weighted by Gasteiger charge is 2.27. The smallest absolute Gasteiger partial charge is 0.265 e. The minimum absolute atomic E-state index is 0. The summed E-state index contributed by atoms with van der Waals surface area (Å²) in [6.45, 7) is 8.62. The van der Waals surface area contributed by atoms with Crippen LogP contribution in [0.25, 0.3) is 0 Å². The fraction of sp³-hybridized carbons (Fsp3) is 0.636. The van der Waals surface area contributed by atoms with E-state index in [9.17, 15) is 4.79 Å². The van der Waals surface area contributed by atoms with Gasteiger partial charge in [-0.05, 0) is 30.9 Å². The zero-order chi connectivity index (χ0) is 20.8. The summed E-state index contributed by atoms with van der Waals surface area (Å²) < 4.78 is 11.0. The van der Waals surface area contributed by atoms with Gasteiger partial charge in [0.2, 0.25) is 0 Å². The highest BCUT2D eigenvalue weighted by Crippen LogP contribution is 2.31. The van der Waals surface area contributed by atoms with E-state index < -0.39 is 0 Å². The molecule has 1 N–H and O–H groups in total. The molecule has 1 aromatic rings. The molecule has 172 valence electrons. The zero-order valence-electron chi connectivity index (χ0n) is 18.3. The Hall–Kier alpha value is -1.59. The number of carbonyl (C=O) groups is 1. The van der Waals surface area contributed by atoms with E-state index >= 15 is 0 Å². The average Bonchev–Trinajstić information content (AvgIpc) is 3.24. The fourth-order valence-corrected chi connectivity index (χ4v) is 4.49. The predicted molar refractivity (Wildman–Crippen MR) is 133 cm³/mol. The molecule has 3 aliphatic heterocycles. The van der Waals surface area contributed by atoms with Gasteiger partial charge in [-0.1, -0.05) is 12.1 Å². The maximum atomic E-state index is 12.3. The van der Waals surface area contributed by atoms with Crippen LogP contribution in [0.15, 0.2) is 29.3 Å². The molecule has 0 radical (unpaired) electrons. The van der Waals surface area contributed by atoms with E-state index in [4.69, 9.17) is 9.47 Å². The highest BCUT2D eigenvalue weighted by atomic mass is 127. The second-order valence-corrected chi connectivity index (χ2v) is 8.14. The van der Waals surface area contributed by atoms with Crippen molar-refractivity contribution >= 4 is 41.5 Å². The Morgan fingerprint density at radius 3 is 2.84 bits per heavy atom. The number of amides is 1. The van der Waals surface area contributed by atoms with Crippen LogP contribution < -0.4 is 15.0 Å². The van der Waals surface area contributed by atoms with Crippen LogP contribution in [0.5, 0.6) is 5.75 Å². The van der Waals surface area contributed by atoms with Gasteiger partial charge in [-0.15, -0.1) is 24.0 Å². The lowest BCUT2D eigenvalue weighted by molar-refractivity contribution is -0.121. The molecular formula is C22H34IN5O3. The van der Waals surface area contributed by atoms with Gasteiger partial charge in [-0.25, -0.2) is 0 Å². The van der Waals surface area contributed by atoms with Gasteiger partial charge in [-0.2, -0.15) is 0 Å². The van der Waals surface area contributed by atoms with Crippen molar-refractivity contribution in [2.24, 2.45) is 10.9 Å². The van der Waals surface area contributed by atoms with Gasteiger partial charge in [-0.3, -0.25) is 14.7 Å². The van der Waals surface area contributed by atoms with E-state index in [0.29, 0.717) is 12.5 Å². The van der Waals surface area contributed by atoms with Crippen LogP contribution in [-0.4, -0.2) is 94.3 Å². The van der Waals surface area contributed by atoms with E-state index in [2.05, 4.69) is 20.1 Å². The van der Waals surface area contributed by atoms with Gasteiger partial charge >= 0.3 is 0 Å². The van der Waals surface area contributed by atoms with Crippen molar-refractivity contribution in [3.8, 4) is 5.75 Å². The molecular weight excluding hydrogens is 509 g/mol. The number of fused-ring (bicyclic) bond motifs is 1. The molecule has 1 aromatic carbocycles. The van der Waals surface area contributed by atoms with Crippen molar-refractivity contribution in [2.75, 3.05) is 77.6 Å². The molecule has 4 rings (SSSR count). The van der Waals surface area contributed by atoms with Crippen LogP contribution in [0.4, 0.5) is 5.69 Å². The number of morpholine rings is 1. The molecule has 8 nitrogen and oxygen atoms in total. The second kappa shape index (κ2) is 11.9. The lowest BCUT2D eigenvalue weighted by Gasteiger charge is -2.30. The lowest BCUT2D eigenvalue weighted by Crippen LogP contribution is -2.44. The Bertz CT molecular complexity index is 756. The summed E-state index contributed by atoms with van der Waals surface area (Å²) in [4.78, 5) is 23.5. The van der Waals surface area contributed by atoms with Crippen molar-refractivity contribution in [2.45, 2.75) is 12.8 Å². The van der Waals surface area contributed by atoms with Crippen LogP contribution in [0.3, 0.4) is 0 Å². The van der Waals surface area contributed by atoms with Crippen LogP contribution in [0, 0.1) is 5.92 Å². The van der Waals surface area contributed by atoms with Crippen molar-refractivity contribution < 1.29 is 14.3 Å². The van der Waals surface area contributed by atoms with Gasteiger partial charge in [0.1, 0.15) is 5.75 Å². The molecule has 1 amide bonds. The van der Waals surface area contributed by atoms with E-state index in [-0.39, 0.29) is 36.5 Å². The van der Waals surface area contributed by atoms with E-state index in [0.717, 1.165) is 76.3 Å². The number of carbonyl (C=O) groups excluding carboxylic acids is 1. The standard InChI is InChI=1S/C22H33N5O3.HI/c1-23-22(26-10-7-18(16-26)15-25-11-13-29-14-12-25)24-8-4-9-27-19-5-2-3-6-20(19)30-17-21(27)28;/h2-3,5-6,18H,4,7-17H2,1H3,(H,23,24);1H. The largest absolute Gasteiger partial charge is 0.482 e. The van der Waals surface area contributed by atoms with E-state index in [1.54, 1.807) is 0 Å². The molecule has 2 saturated heterocycles. The van der Waals surface area contributed by atoms with Gasteiger partial charge in [0.05, 0.1) is 18.9 Å². The minimum atomic E-state index is 0. The SMILES string of the molecule is CN=C(NCCCN1C(=O)COc2ccccc21)N1CCC(CN2CCOCC2)C1.I. The van der Waals surface area contributed by atoms with Gasteiger partial charge < -0.3 is 24.6 Å². The average molecular weight is 543 g/mol. The number of para-hydroxylation sites is 2. The molecule has 0 aliphatic carbocycles. The normalized spacial score (nSPS) is 22.0. The first-order valence-corrected chi connectivity index (χ1v) is 11.0. The summed E-state index contributed by atoms with van der Waals surface area (Å²) in [6, 6.07) is 7.72. The lowest BCUT2D eigenvalue weighted by atomic mass is 10.1. The number of benzene rings is 1. The number of rotatable bonds is 6. The van der Waals surface area contributed by atoms with Crippen LogP contribution in [0.1, 0.15) is 12.8 Å². The Labute approximate surface area is 202 Å². The quantitative estimate of drug-likeness (QED) is 0.255. The molecule has 31 heavy (non-hydrogen) atoms. The molecule has 0 aromatic heterocycles. The molecule has 3 heterocycles. The summed E-state index contributed by atoms with van der Waals surface area (Å²) in [5, 5.41) is 3.49. The molecule has 3 aliphatic rings. The minimum Gasteiger partial charge on any atom is -0.482 e. The third kappa shape index (κ3) is 6.23. The number of likely N-dealkylation sites (tertiary alicyclic amines) is 1. The van der Waals surface area contributed by atoms with Crippen LogP contribution in [0.2, 0.25) is 0 Å². The van der Waals surface area contributed by atoms with Crippen molar-refractivity contribution in [3.63, 3.8) is 0 Å². The molecule has 0 saturated carbocycles. The van der Waals surface area contributed by atoms with Gasteiger partial charge in [0.25, 0.3) is 5.91 Å². The van der Waals surface area contributed by atoms with E-state index in [1.807, 2.05) is 36.2 Å². The van der Waals surface area contributed by atoms with Gasteiger partial charge in [0.15, 0.2) is 12.6 Å². The van der Waals surface area contributed by atoms with Crippen LogP contribution >= 0.6 is 24.0 Å². The number of nitrogens with one attached hydrogen (secondary N) is 1. The number of aliphatic imine (C=N–C) groups is 1. The molecule has 9 heteroatoms. The summed E-state index contributed by atoms with van der Waals surface area (Å²) in [5.41, 5.74) is 0.864. The topological polar surface area (TPSA) is 69.6 Å². The first-order valence-electron chi connectivity index (χ1n) is 11.0. The Kier molecular flexibility index (Phi) is 9.21. The van der Waals surface area contributed by atoms with Gasteiger partial charge in [0, 0.05) is 52.9 Å². The number of ether oxygens (including phenoxy) is 2. The number of halogens is 1. The van der Waals surface area contributed by atoms with Crippen molar-refractivity contribution in [1.29, 1.82) is 0 Å². The molecule has 0 spiro atoms. The van der Waals surface area contributed by atoms with E-state index in [1.165, 1.54) is 6.42 Å². The molecule has 1 atom stereocenters. The third-order valence-electron chi connectivity index (χ3n) is 6.07. The monoisotopic (exact) mass is 543 g/mol. The molecule has 0 bridgehead atoms. The number of anilines is 1. The first-order chi connectivity index (χ1) is 14.7. The number of guanidine groups is 1. The first kappa shape index (κ1) is 24.1. The number of hydrogen-bond donors (Lipinski definition) is 1. The summed E-state index contributed by atoms with van der Waals surface area (Å²) >= 11 is 0. The van der Waals surface area contributed by atoms with Crippen LogP contribution in [-0.2, 0) is 9.53 Å². The third-order valence-corrected chi connectivity index (χ3v) is 6.07. The summed E-state index contributed by atoms with van der Waals surface area (Å²) in [5.74, 6) is 2.45. The fourth-order valence-electron chi connectivity index (χ4n) is 4.49. The molecule has 1 unspecified atom stereocenters. The summed E-state index contributed by atoms with van der Waals surface area (Å²) in [6.07, 6.45) is 2.06. The Morgan fingerprint density at radius 1 is 1.23 bits per heavy atom. The maximum absolute atomic E-state index is 12.3. The second-order valence-electron chi connectivity index (χ2n) is 8.14. The Morgan fingerprint density at radius 2 is 2.03 bits per heavy atom. The predicted octanol–water partition coefficient (Wildman–Crippen LogP) is 1.65. The number of nitrogens with zero attached hydrogens (tertiary/aromatic N) is 4. The van der Waals surface area contributed by atoms with Crippen molar-refractivity contribution in [3.05, 3.63) is 24.3 Å².